The molecule has 0 aliphatic heterocycles. The molecule has 1 N–H and O–H groups in total. The number of hydrogen-bond donors (Lipinski definition) is 1. The highest BCUT2D eigenvalue weighted by molar-refractivity contribution is 14.1. The van der Waals surface area contributed by atoms with Crippen molar-refractivity contribution in [3.05, 3.63) is 14.5 Å². The van der Waals surface area contributed by atoms with Crippen LogP contribution in [0.5, 0.6) is 5.88 Å². The number of rotatable bonds is 0. The van der Waals surface area contributed by atoms with E-state index < -0.39 is 0 Å². The summed E-state index contributed by atoms with van der Waals surface area (Å²) < 4.78 is 1.13. The zero-order chi connectivity index (χ0) is 6.85. The van der Waals surface area contributed by atoms with Gasteiger partial charge in [0.25, 0.3) is 0 Å². The van der Waals surface area contributed by atoms with E-state index in [-0.39, 0.29) is 5.88 Å². The van der Waals surface area contributed by atoms with Crippen LogP contribution in [0.3, 0.4) is 0 Å². The van der Waals surface area contributed by atoms with Crippen LogP contribution in [0, 0.1) is 3.70 Å². The van der Waals surface area contributed by atoms with Crippen LogP contribution in [0.2, 0.25) is 0 Å². The molecule has 3 nitrogen and oxygen atoms in total. The number of halogens is 2. The maximum absolute atomic E-state index is 8.82. The van der Waals surface area contributed by atoms with Crippen molar-refractivity contribution in [2.24, 2.45) is 0 Å². The smallest absolute Gasteiger partial charge is 0.244 e. The molecule has 1 rings (SSSR count). The summed E-state index contributed by atoms with van der Waals surface area (Å²) in [6.45, 7) is 0. The zero-order valence-corrected chi connectivity index (χ0v) is 7.92. The van der Waals surface area contributed by atoms with Gasteiger partial charge in [-0.15, -0.1) is 0 Å². The van der Waals surface area contributed by atoms with Gasteiger partial charge in [0.1, 0.15) is 3.70 Å². The molecule has 0 radical (unpaired) electrons. The first kappa shape index (κ1) is 7.20. The fourth-order valence-corrected chi connectivity index (χ4v) is 1.35. The van der Waals surface area contributed by atoms with E-state index in [2.05, 4.69) is 25.9 Å². The van der Waals surface area contributed by atoms with E-state index in [1.54, 1.807) is 0 Å². The molecular weight excluding hydrogens is 299 g/mol. The average Bonchev–Trinajstić information content (AvgIpc) is 1.80. The van der Waals surface area contributed by atoms with Crippen molar-refractivity contribution in [2.75, 3.05) is 0 Å². The van der Waals surface area contributed by atoms with Gasteiger partial charge in [0.15, 0.2) is 4.60 Å². The predicted molar refractivity (Wildman–Crippen MR) is 44.1 cm³/mol. The fourth-order valence-electron chi connectivity index (χ4n) is 0.340. The first-order valence-corrected chi connectivity index (χ1v) is 3.94. The first-order chi connectivity index (χ1) is 4.20. The molecule has 1 aromatic heterocycles. The predicted octanol–water partition coefficient (Wildman–Crippen LogP) is 1.55. The van der Waals surface area contributed by atoms with Crippen molar-refractivity contribution >= 4 is 38.5 Å². The van der Waals surface area contributed by atoms with Gasteiger partial charge in [-0.2, -0.15) is 0 Å². The van der Waals surface area contributed by atoms with E-state index in [1.807, 2.05) is 22.6 Å². The molecule has 0 spiro atoms. The lowest BCUT2D eigenvalue weighted by atomic mass is 10.7. The number of hydrogen-bond acceptors (Lipinski definition) is 3. The van der Waals surface area contributed by atoms with E-state index in [9.17, 15) is 0 Å². The van der Waals surface area contributed by atoms with E-state index in [1.165, 1.54) is 6.20 Å². The molecule has 9 heavy (non-hydrogen) atoms. The van der Waals surface area contributed by atoms with Gasteiger partial charge in [-0.25, -0.2) is 9.97 Å². The van der Waals surface area contributed by atoms with Crippen LogP contribution in [0.15, 0.2) is 10.8 Å². The van der Waals surface area contributed by atoms with Gasteiger partial charge in [0, 0.05) is 0 Å². The Morgan fingerprint density at radius 3 is 2.78 bits per heavy atom. The van der Waals surface area contributed by atoms with E-state index in [4.69, 9.17) is 5.11 Å². The Kier molecular flexibility index (Phi) is 2.23. The Morgan fingerprint density at radius 1 is 1.67 bits per heavy atom. The van der Waals surface area contributed by atoms with Crippen molar-refractivity contribution in [3.8, 4) is 5.88 Å². The quantitative estimate of drug-likeness (QED) is 0.740. The average molecular weight is 301 g/mol. The van der Waals surface area contributed by atoms with Gasteiger partial charge in [-0.3, -0.25) is 0 Å². The molecule has 0 bridgehead atoms. The van der Waals surface area contributed by atoms with Crippen LogP contribution >= 0.6 is 38.5 Å². The molecule has 0 saturated heterocycles. The number of aromatic nitrogens is 2. The van der Waals surface area contributed by atoms with Crippen LogP contribution in [-0.4, -0.2) is 15.1 Å². The Balaban J connectivity index is 3.17. The fraction of sp³-hybridized carbons (Fsp3) is 0. The van der Waals surface area contributed by atoms with Gasteiger partial charge < -0.3 is 5.11 Å². The van der Waals surface area contributed by atoms with E-state index >= 15 is 0 Å². The lowest BCUT2D eigenvalue weighted by Gasteiger charge is -1.92. The molecule has 1 heterocycles. The second-order valence-electron chi connectivity index (χ2n) is 1.31. The van der Waals surface area contributed by atoms with Crippen LogP contribution < -0.4 is 0 Å². The molecule has 5 heteroatoms. The minimum Gasteiger partial charge on any atom is -0.491 e. The third-order valence-electron chi connectivity index (χ3n) is 0.683. The van der Waals surface area contributed by atoms with Gasteiger partial charge in [-0.05, 0) is 38.5 Å². The third-order valence-corrected chi connectivity index (χ3v) is 1.73. The molecule has 0 aromatic carbocycles. The summed E-state index contributed by atoms with van der Waals surface area (Å²) in [6.07, 6.45) is 1.49. The molecule has 0 fully saturated rings. The monoisotopic (exact) mass is 300 g/mol. The molecule has 0 aliphatic rings. The molecule has 48 valence electrons. The second kappa shape index (κ2) is 2.78. The maximum Gasteiger partial charge on any atom is 0.244 e. The molecule has 0 unspecified atom stereocenters. The summed E-state index contributed by atoms with van der Waals surface area (Å²) in [6, 6.07) is 0. The Bertz CT molecular complexity index is 230. The lowest BCUT2D eigenvalue weighted by molar-refractivity contribution is 0.445. The molecule has 0 aliphatic carbocycles. The Labute approximate surface area is 73.8 Å². The summed E-state index contributed by atoms with van der Waals surface area (Å²) in [5.41, 5.74) is 0. The molecule has 0 atom stereocenters. The lowest BCUT2D eigenvalue weighted by Crippen LogP contribution is -1.84. The standard InChI is InChI=1S/C4H2BrIN2O/c5-3-4(9)7-1-2(6)8-3/h1H,(H,7,9). The van der Waals surface area contributed by atoms with Crippen molar-refractivity contribution in [1.29, 1.82) is 0 Å². The normalized spacial score (nSPS) is 9.56. The third kappa shape index (κ3) is 1.75. The topological polar surface area (TPSA) is 46.0 Å². The van der Waals surface area contributed by atoms with Crippen molar-refractivity contribution in [2.45, 2.75) is 0 Å². The molecular formula is C4H2BrIN2O. The summed E-state index contributed by atoms with van der Waals surface area (Å²) in [4.78, 5) is 7.48. The molecule has 1 aromatic rings. The summed E-state index contributed by atoms with van der Waals surface area (Å²) >= 11 is 5.02. The van der Waals surface area contributed by atoms with Crippen LogP contribution in [0.1, 0.15) is 0 Å². The van der Waals surface area contributed by atoms with Gasteiger partial charge in [0.05, 0.1) is 6.20 Å². The van der Waals surface area contributed by atoms with E-state index in [0.717, 1.165) is 3.70 Å². The van der Waals surface area contributed by atoms with Crippen LogP contribution in [0.4, 0.5) is 0 Å². The Morgan fingerprint density at radius 2 is 2.33 bits per heavy atom. The van der Waals surface area contributed by atoms with Gasteiger partial charge in [-0.1, -0.05) is 0 Å². The maximum atomic E-state index is 8.82. The largest absolute Gasteiger partial charge is 0.491 e. The number of nitrogens with zero attached hydrogens (tertiary/aromatic N) is 2. The van der Waals surface area contributed by atoms with Crippen LogP contribution in [0.25, 0.3) is 0 Å². The molecule has 0 saturated carbocycles. The zero-order valence-electron chi connectivity index (χ0n) is 4.17. The van der Waals surface area contributed by atoms with E-state index in [0.29, 0.717) is 4.60 Å². The van der Waals surface area contributed by atoms with Gasteiger partial charge in [0.2, 0.25) is 5.88 Å². The SMILES string of the molecule is Oc1ncc(I)nc1Br. The minimum absolute atomic E-state index is 0.0737. The first-order valence-electron chi connectivity index (χ1n) is 2.07. The van der Waals surface area contributed by atoms with Crippen molar-refractivity contribution in [1.82, 2.24) is 9.97 Å². The highest BCUT2D eigenvalue weighted by atomic mass is 127. The highest BCUT2D eigenvalue weighted by Gasteiger charge is 1.98. The molecule has 0 amide bonds. The van der Waals surface area contributed by atoms with Crippen molar-refractivity contribution < 1.29 is 5.11 Å². The van der Waals surface area contributed by atoms with Crippen molar-refractivity contribution in [3.63, 3.8) is 0 Å². The second-order valence-corrected chi connectivity index (χ2v) is 3.16. The number of aromatic hydroxyl groups is 1. The minimum atomic E-state index is -0.0737. The highest BCUT2D eigenvalue weighted by Crippen LogP contribution is 2.17. The van der Waals surface area contributed by atoms with Gasteiger partial charge >= 0.3 is 0 Å². The Hall–Kier alpha value is 0.0900. The van der Waals surface area contributed by atoms with Crippen LogP contribution in [-0.2, 0) is 0 Å². The summed E-state index contributed by atoms with van der Waals surface area (Å²) in [7, 11) is 0. The summed E-state index contributed by atoms with van der Waals surface area (Å²) in [5, 5.41) is 8.82. The summed E-state index contributed by atoms with van der Waals surface area (Å²) in [5.74, 6) is -0.0737.